The number of nitrogens with one attached hydrogen (secondary N) is 1. The molecule has 21 heavy (non-hydrogen) atoms. The third-order valence-electron chi connectivity index (χ3n) is 2.22. The van der Waals surface area contributed by atoms with Crippen LogP contribution in [0, 0.1) is 11.3 Å². The molecule has 0 atom stereocenters. The van der Waals surface area contributed by atoms with Crippen LogP contribution in [0.4, 0.5) is 0 Å². The normalized spacial score (nSPS) is 11.0. The molecule has 110 valence electrons. The van der Waals surface area contributed by atoms with Gasteiger partial charge in [0.2, 0.25) is 0 Å². The summed E-state index contributed by atoms with van der Waals surface area (Å²) in [6, 6.07) is 8.91. The van der Waals surface area contributed by atoms with Crippen LogP contribution in [0.5, 0.6) is 0 Å². The number of nitriles is 1. The second-order valence-corrected chi connectivity index (χ2v) is 4.66. The maximum atomic E-state index is 11.6. The van der Waals surface area contributed by atoms with Gasteiger partial charge in [-0.25, -0.2) is 0 Å². The zero-order valence-corrected chi connectivity index (χ0v) is 12.5. The molecule has 1 rings (SSSR count). The summed E-state index contributed by atoms with van der Waals surface area (Å²) in [5.41, 5.74) is 0.872. The highest BCUT2D eigenvalue weighted by molar-refractivity contribution is 6.30. The Morgan fingerprint density at radius 1 is 1.48 bits per heavy atom. The summed E-state index contributed by atoms with van der Waals surface area (Å²) in [5, 5.41) is 15.4. The molecule has 0 radical (unpaired) electrons. The van der Waals surface area contributed by atoms with Crippen LogP contribution in [0.25, 0.3) is 0 Å². The molecule has 1 N–H and O–H groups in total. The molecular formula is C14H15ClN4O2. The highest BCUT2D eigenvalue weighted by Gasteiger charge is 2.07. The lowest BCUT2D eigenvalue weighted by atomic mass is 10.2. The highest BCUT2D eigenvalue weighted by atomic mass is 35.5. The van der Waals surface area contributed by atoms with Gasteiger partial charge in [0.1, 0.15) is 24.6 Å². The second kappa shape index (κ2) is 8.61. The van der Waals surface area contributed by atoms with E-state index in [1.54, 1.807) is 37.2 Å². The molecule has 0 saturated heterocycles. The monoisotopic (exact) mass is 306 g/mol. The van der Waals surface area contributed by atoms with Crippen molar-refractivity contribution in [1.82, 2.24) is 10.2 Å². The first-order valence-electron chi connectivity index (χ1n) is 6.00. The number of carbonyl (C=O) groups is 1. The van der Waals surface area contributed by atoms with E-state index < -0.39 is 5.91 Å². The molecule has 1 amide bonds. The molecule has 7 heteroatoms. The fraction of sp³-hybridized carbons (Fsp3) is 0.214. The topological polar surface area (TPSA) is 77.7 Å². The Morgan fingerprint density at radius 3 is 2.71 bits per heavy atom. The zero-order chi connectivity index (χ0) is 15.7. The summed E-state index contributed by atoms with van der Waals surface area (Å²) in [4.78, 5) is 18.2. The molecule has 1 aromatic carbocycles. The van der Waals surface area contributed by atoms with Crippen LogP contribution in [0.1, 0.15) is 5.56 Å². The lowest BCUT2D eigenvalue weighted by Gasteiger charge is -2.05. The first kappa shape index (κ1) is 16.5. The van der Waals surface area contributed by atoms with Crippen molar-refractivity contribution >= 4 is 23.8 Å². The number of nitrogens with zero attached hydrogens (tertiary/aromatic N) is 3. The standard InChI is InChI=1S/C14H15ClN4O2/c1-19(2)8-12(7-16)14(20)17-10-18-21-9-11-3-5-13(15)6-4-11/h3-6,8,10H,9H2,1-2H3,(H,17,18,20). The number of hydrogen-bond acceptors (Lipinski definition) is 5. The van der Waals surface area contributed by atoms with Gasteiger partial charge in [0, 0.05) is 25.3 Å². The van der Waals surface area contributed by atoms with E-state index in [-0.39, 0.29) is 12.2 Å². The number of benzene rings is 1. The van der Waals surface area contributed by atoms with Crippen molar-refractivity contribution in [2.24, 2.45) is 5.16 Å². The number of amides is 1. The quantitative estimate of drug-likeness (QED) is 0.286. The minimum absolute atomic E-state index is 0.0239. The van der Waals surface area contributed by atoms with Crippen molar-refractivity contribution in [3.8, 4) is 6.07 Å². The van der Waals surface area contributed by atoms with Gasteiger partial charge in [-0.1, -0.05) is 28.9 Å². The maximum absolute atomic E-state index is 11.6. The van der Waals surface area contributed by atoms with E-state index >= 15 is 0 Å². The first-order chi connectivity index (χ1) is 10.0. The minimum atomic E-state index is -0.551. The van der Waals surface area contributed by atoms with Gasteiger partial charge < -0.3 is 15.1 Å². The number of rotatable bonds is 6. The predicted octanol–water partition coefficient (Wildman–Crippen LogP) is 1.89. The molecule has 0 heterocycles. The summed E-state index contributed by atoms with van der Waals surface area (Å²) in [6.07, 6.45) is 2.51. The Bertz CT molecular complexity index is 574. The van der Waals surface area contributed by atoms with Crippen LogP contribution < -0.4 is 5.32 Å². The molecule has 0 aliphatic heterocycles. The van der Waals surface area contributed by atoms with Crippen molar-refractivity contribution in [2.45, 2.75) is 6.61 Å². The van der Waals surface area contributed by atoms with Crippen LogP contribution in [0.2, 0.25) is 5.02 Å². The predicted molar refractivity (Wildman–Crippen MR) is 80.3 cm³/mol. The molecule has 6 nitrogen and oxygen atoms in total. The van der Waals surface area contributed by atoms with E-state index in [2.05, 4.69) is 10.5 Å². The molecule has 0 saturated carbocycles. The molecule has 0 aliphatic carbocycles. The number of hydrogen-bond donors (Lipinski definition) is 1. The summed E-state index contributed by atoms with van der Waals surface area (Å²) in [5.74, 6) is -0.551. The lowest BCUT2D eigenvalue weighted by molar-refractivity contribution is -0.115. The Hall–Kier alpha value is -2.52. The summed E-state index contributed by atoms with van der Waals surface area (Å²) >= 11 is 5.76. The molecule has 0 spiro atoms. The van der Waals surface area contributed by atoms with E-state index in [0.717, 1.165) is 11.9 Å². The van der Waals surface area contributed by atoms with Crippen LogP contribution in [-0.2, 0) is 16.2 Å². The average Bonchev–Trinajstić information content (AvgIpc) is 2.46. The van der Waals surface area contributed by atoms with Crippen LogP contribution in [0.3, 0.4) is 0 Å². The van der Waals surface area contributed by atoms with Crippen LogP contribution in [0.15, 0.2) is 41.2 Å². The van der Waals surface area contributed by atoms with Crippen LogP contribution in [-0.4, -0.2) is 31.2 Å². The Balaban J connectivity index is 2.39. The first-order valence-corrected chi connectivity index (χ1v) is 6.38. The van der Waals surface area contributed by atoms with Gasteiger partial charge in [-0.15, -0.1) is 0 Å². The average molecular weight is 307 g/mol. The smallest absolute Gasteiger partial charge is 0.268 e. The van der Waals surface area contributed by atoms with Crippen molar-refractivity contribution in [1.29, 1.82) is 5.26 Å². The van der Waals surface area contributed by atoms with Crippen molar-refractivity contribution in [2.75, 3.05) is 14.1 Å². The second-order valence-electron chi connectivity index (χ2n) is 4.23. The van der Waals surface area contributed by atoms with Crippen LogP contribution >= 0.6 is 11.6 Å². The van der Waals surface area contributed by atoms with Crippen molar-refractivity contribution in [3.05, 3.63) is 46.6 Å². The Kier molecular flexibility index (Phi) is 6.78. The van der Waals surface area contributed by atoms with Gasteiger partial charge in [0.25, 0.3) is 5.91 Å². The SMILES string of the molecule is CN(C)C=C(C#N)C(=O)N/C=N/OCc1ccc(Cl)cc1. The molecule has 0 aliphatic rings. The van der Waals surface area contributed by atoms with Crippen molar-refractivity contribution in [3.63, 3.8) is 0 Å². The van der Waals surface area contributed by atoms with E-state index in [9.17, 15) is 4.79 Å². The molecule has 0 bridgehead atoms. The van der Waals surface area contributed by atoms with Gasteiger partial charge >= 0.3 is 0 Å². The molecular weight excluding hydrogens is 292 g/mol. The third kappa shape index (κ3) is 6.45. The number of carbonyl (C=O) groups excluding carboxylic acids is 1. The van der Waals surface area contributed by atoms with Gasteiger partial charge in [-0.2, -0.15) is 5.26 Å². The van der Waals surface area contributed by atoms with Gasteiger partial charge in [-0.3, -0.25) is 4.79 Å². The summed E-state index contributed by atoms with van der Waals surface area (Å²) in [6.45, 7) is 0.252. The Labute approximate surface area is 128 Å². The van der Waals surface area contributed by atoms with E-state index in [0.29, 0.717) is 5.02 Å². The van der Waals surface area contributed by atoms with Gasteiger partial charge in [-0.05, 0) is 17.7 Å². The third-order valence-corrected chi connectivity index (χ3v) is 2.47. The molecule has 1 aromatic rings. The highest BCUT2D eigenvalue weighted by Crippen LogP contribution is 2.10. The van der Waals surface area contributed by atoms with Gasteiger partial charge in [0.05, 0.1) is 0 Å². The fourth-order valence-corrected chi connectivity index (χ4v) is 1.41. The molecule has 0 fully saturated rings. The van der Waals surface area contributed by atoms with E-state index in [1.807, 2.05) is 12.1 Å². The van der Waals surface area contributed by atoms with E-state index in [1.165, 1.54) is 6.20 Å². The molecule has 0 aromatic heterocycles. The number of halogens is 1. The lowest BCUT2D eigenvalue weighted by Crippen LogP contribution is -2.24. The largest absolute Gasteiger partial charge is 0.390 e. The number of oxime groups is 1. The minimum Gasteiger partial charge on any atom is -0.390 e. The molecule has 0 unspecified atom stereocenters. The van der Waals surface area contributed by atoms with E-state index in [4.69, 9.17) is 21.7 Å². The maximum Gasteiger partial charge on any atom is 0.268 e. The fourth-order valence-electron chi connectivity index (χ4n) is 1.29. The Morgan fingerprint density at radius 2 is 2.14 bits per heavy atom. The summed E-state index contributed by atoms with van der Waals surface area (Å²) < 4.78 is 0. The van der Waals surface area contributed by atoms with Crippen molar-refractivity contribution < 1.29 is 9.63 Å². The zero-order valence-electron chi connectivity index (χ0n) is 11.7. The van der Waals surface area contributed by atoms with Gasteiger partial charge in [0.15, 0.2) is 0 Å². The summed E-state index contributed by atoms with van der Waals surface area (Å²) in [7, 11) is 3.43.